The normalized spacial score (nSPS) is 11.0. The van der Waals surface area contributed by atoms with Crippen LogP contribution >= 0.6 is 11.3 Å². The molecule has 0 aliphatic rings. The van der Waals surface area contributed by atoms with Crippen LogP contribution in [0.15, 0.2) is 29.1 Å². The van der Waals surface area contributed by atoms with Gasteiger partial charge in [0.25, 0.3) is 5.56 Å². The van der Waals surface area contributed by atoms with Gasteiger partial charge in [-0.15, -0.1) is 10.2 Å². The Bertz CT molecular complexity index is 915. The van der Waals surface area contributed by atoms with E-state index in [4.69, 9.17) is 5.11 Å². The van der Waals surface area contributed by atoms with Gasteiger partial charge in [-0.1, -0.05) is 41.2 Å². The first-order valence-electron chi connectivity index (χ1n) is 7.04. The monoisotopic (exact) mass is 330 g/mol. The fourth-order valence-corrected chi connectivity index (χ4v) is 2.94. The lowest BCUT2D eigenvalue weighted by Crippen LogP contribution is -2.22. The SMILES string of the molecule is Cc1ccc(Cc2nnc3sc(CCC(=O)O)nn3c2=O)cc1. The van der Waals surface area contributed by atoms with Gasteiger partial charge in [0.05, 0.1) is 6.42 Å². The maximum absolute atomic E-state index is 12.4. The van der Waals surface area contributed by atoms with Gasteiger partial charge >= 0.3 is 5.97 Å². The Kier molecular flexibility index (Phi) is 4.16. The summed E-state index contributed by atoms with van der Waals surface area (Å²) >= 11 is 1.19. The predicted molar refractivity (Wildman–Crippen MR) is 84.9 cm³/mol. The number of carboxylic acids is 1. The van der Waals surface area contributed by atoms with E-state index < -0.39 is 5.97 Å². The topological polar surface area (TPSA) is 97.4 Å². The maximum Gasteiger partial charge on any atom is 0.303 e. The van der Waals surface area contributed by atoms with Crippen LogP contribution in [-0.2, 0) is 17.6 Å². The third kappa shape index (κ3) is 3.42. The van der Waals surface area contributed by atoms with Crippen LogP contribution in [-0.4, -0.2) is 30.9 Å². The molecular formula is C15H14N4O3S. The Hall–Kier alpha value is -2.61. The number of aryl methyl sites for hydroxylation is 2. The average molecular weight is 330 g/mol. The van der Waals surface area contributed by atoms with Crippen LogP contribution in [0.3, 0.4) is 0 Å². The van der Waals surface area contributed by atoms with Crippen molar-refractivity contribution in [2.45, 2.75) is 26.2 Å². The molecule has 1 N–H and O–H groups in total. The van der Waals surface area contributed by atoms with Gasteiger partial charge in [-0.2, -0.15) is 9.61 Å². The summed E-state index contributed by atoms with van der Waals surface area (Å²) in [6, 6.07) is 7.85. The van der Waals surface area contributed by atoms with Crippen LogP contribution < -0.4 is 5.56 Å². The lowest BCUT2D eigenvalue weighted by Gasteiger charge is -2.00. The quantitative estimate of drug-likeness (QED) is 0.760. The Morgan fingerprint density at radius 2 is 2.00 bits per heavy atom. The Balaban J connectivity index is 1.90. The summed E-state index contributed by atoms with van der Waals surface area (Å²) in [5, 5.41) is 21.5. The molecular weight excluding hydrogens is 316 g/mol. The van der Waals surface area contributed by atoms with Crippen molar-refractivity contribution >= 4 is 22.3 Å². The van der Waals surface area contributed by atoms with E-state index in [1.807, 2.05) is 31.2 Å². The van der Waals surface area contributed by atoms with Crippen LogP contribution in [0.4, 0.5) is 0 Å². The number of hydrogen-bond donors (Lipinski definition) is 1. The molecule has 23 heavy (non-hydrogen) atoms. The van der Waals surface area contributed by atoms with Gasteiger partial charge in [0.1, 0.15) is 10.7 Å². The van der Waals surface area contributed by atoms with E-state index in [9.17, 15) is 9.59 Å². The minimum atomic E-state index is -0.900. The zero-order chi connectivity index (χ0) is 16.4. The molecule has 0 saturated heterocycles. The molecule has 8 heteroatoms. The zero-order valence-corrected chi connectivity index (χ0v) is 13.2. The van der Waals surface area contributed by atoms with Gasteiger partial charge in [-0.05, 0) is 12.5 Å². The second-order valence-corrected chi connectivity index (χ2v) is 6.24. The van der Waals surface area contributed by atoms with Gasteiger partial charge in [-0.25, -0.2) is 0 Å². The molecule has 3 aromatic rings. The molecule has 0 radical (unpaired) electrons. The molecule has 0 saturated carbocycles. The molecule has 0 spiro atoms. The molecule has 0 unspecified atom stereocenters. The van der Waals surface area contributed by atoms with Crippen molar-refractivity contribution in [1.29, 1.82) is 0 Å². The zero-order valence-electron chi connectivity index (χ0n) is 12.4. The van der Waals surface area contributed by atoms with Crippen LogP contribution in [0.25, 0.3) is 4.96 Å². The molecule has 0 bridgehead atoms. The number of fused-ring (bicyclic) bond motifs is 1. The summed E-state index contributed by atoms with van der Waals surface area (Å²) in [5.74, 6) is -0.900. The highest BCUT2D eigenvalue weighted by Gasteiger charge is 2.13. The fraction of sp³-hybridized carbons (Fsp3) is 0.267. The van der Waals surface area contributed by atoms with Crippen LogP contribution in [0, 0.1) is 6.92 Å². The van der Waals surface area contributed by atoms with Gasteiger partial charge in [0.15, 0.2) is 0 Å². The lowest BCUT2D eigenvalue weighted by molar-refractivity contribution is -0.136. The van der Waals surface area contributed by atoms with E-state index in [0.29, 0.717) is 22.1 Å². The molecule has 2 aromatic heterocycles. The Morgan fingerprint density at radius 1 is 1.26 bits per heavy atom. The van der Waals surface area contributed by atoms with Gasteiger partial charge in [0, 0.05) is 12.8 Å². The van der Waals surface area contributed by atoms with Gasteiger partial charge < -0.3 is 5.11 Å². The van der Waals surface area contributed by atoms with Crippen LogP contribution in [0.2, 0.25) is 0 Å². The highest BCUT2D eigenvalue weighted by Crippen LogP contribution is 2.13. The van der Waals surface area contributed by atoms with Crippen molar-refractivity contribution in [1.82, 2.24) is 19.8 Å². The maximum atomic E-state index is 12.4. The van der Waals surface area contributed by atoms with Crippen LogP contribution in [0.5, 0.6) is 0 Å². The number of aromatic nitrogens is 4. The molecule has 3 rings (SSSR count). The first-order chi connectivity index (χ1) is 11.0. The fourth-order valence-electron chi connectivity index (χ4n) is 2.11. The van der Waals surface area contributed by atoms with Crippen molar-refractivity contribution in [3.63, 3.8) is 0 Å². The summed E-state index contributed by atoms with van der Waals surface area (Å²) in [6.45, 7) is 2.00. The van der Waals surface area contributed by atoms with Gasteiger partial charge in [-0.3, -0.25) is 9.59 Å². The Morgan fingerprint density at radius 3 is 2.70 bits per heavy atom. The lowest BCUT2D eigenvalue weighted by atomic mass is 10.1. The van der Waals surface area contributed by atoms with Crippen molar-refractivity contribution < 1.29 is 9.90 Å². The number of carbonyl (C=O) groups is 1. The number of benzene rings is 1. The number of hydrogen-bond acceptors (Lipinski definition) is 6. The van der Waals surface area contributed by atoms with Crippen molar-refractivity contribution in [2.75, 3.05) is 0 Å². The number of rotatable bonds is 5. The van der Waals surface area contributed by atoms with E-state index >= 15 is 0 Å². The van der Waals surface area contributed by atoms with E-state index in [1.165, 1.54) is 15.9 Å². The van der Waals surface area contributed by atoms with Crippen LogP contribution in [0.1, 0.15) is 28.2 Å². The first-order valence-corrected chi connectivity index (χ1v) is 7.86. The molecule has 0 atom stereocenters. The molecule has 0 aliphatic heterocycles. The summed E-state index contributed by atoms with van der Waals surface area (Å²) in [6.07, 6.45) is 0.630. The number of nitrogens with zero attached hydrogens (tertiary/aromatic N) is 4. The van der Waals surface area contributed by atoms with Crippen molar-refractivity contribution in [3.8, 4) is 0 Å². The highest BCUT2D eigenvalue weighted by atomic mass is 32.1. The average Bonchev–Trinajstić information content (AvgIpc) is 2.94. The molecule has 0 aliphatic carbocycles. The molecule has 0 fully saturated rings. The van der Waals surface area contributed by atoms with Crippen molar-refractivity contribution in [2.24, 2.45) is 0 Å². The van der Waals surface area contributed by atoms with Gasteiger partial charge in [0.2, 0.25) is 4.96 Å². The standard InChI is InChI=1S/C15H14N4O3S/c1-9-2-4-10(5-3-9)8-11-14(22)19-15(17-16-11)23-12(18-19)6-7-13(20)21/h2-5H,6-8H2,1H3,(H,20,21). The van der Waals surface area contributed by atoms with E-state index in [0.717, 1.165) is 11.1 Å². The number of carboxylic acid groups (broad SMARTS) is 1. The molecule has 1 aromatic carbocycles. The summed E-state index contributed by atoms with van der Waals surface area (Å²) in [5.41, 5.74) is 2.13. The smallest absolute Gasteiger partial charge is 0.303 e. The minimum Gasteiger partial charge on any atom is -0.481 e. The molecule has 7 nitrogen and oxygen atoms in total. The Labute approximate surface area is 135 Å². The third-order valence-corrected chi connectivity index (χ3v) is 4.30. The van der Waals surface area contributed by atoms with Crippen molar-refractivity contribution in [3.05, 3.63) is 56.4 Å². The van der Waals surface area contributed by atoms with E-state index in [1.54, 1.807) is 0 Å². The third-order valence-electron chi connectivity index (χ3n) is 3.34. The second kappa shape index (κ2) is 6.25. The van der Waals surface area contributed by atoms with E-state index in [-0.39, 0.29) is 18.4 Å². The largest absolute Gasteiger partial charge is 0.481 e. The molecule has 118 valence electrons. The van der Waals surface area contributed by atoms with E-state index in [2.05, 4.69) is 15.3 Å². The highest BCUT2D eigenvalue weighted by molar-refractivity contribution is 7.16. The summed E-state index contributed by atoms with van der Waals surface area (Å²) < 4.78 is 1.21. The first kappa shape index (κ1) is 15.3. The summed E-state index contributed by atoms with van der Waals surface area (Å²) in [7, 11) is 0. The molecule has 2 heterocycles. The second-order valence-electron chi connectivity index (χ2n) is 5.20. The summed E-state index contributed by atoms with van der Waals surface area (Å²) in [4.78, 5) is 23.4. The predicted octanol–water partition coefficient (Wildman–Crippen LogP) is 1.46. The number of aliphatic carboxylic acids is 1. The minimum absolute atomic E-state index is 0.0295. The molecule has 0 amide bonds.